The minimum absolute atomic E-state index is 0.0839. The molecule has 3 nitrogen and oxygen atoms in total. The first-order valence-corrected chi connectivity index (χ1v) is 5.09. The largest absolute Gasteiger partial charge is 0.508 e. The van der Waals surface area contributed by atoms with E-state index in [1.54, 1.807) is 6.07 Å². The van der Waals surface area contributed by atoms with Crippen molar-refractivity contribution in [2.45, 2.75) is 32.3 Å². The minimum atomic E-state index is -0.433. The summed E-state index contributed by atoms with van der Waals surface area (Å²) in [4.78, 5) is 11.8. The van der Waals surface area contributed by atoms with Crippen molar-refractivity contribution in [3.05, 3.63) is 23.8 Å². The number of carbonyl (C=O) groups is 1. The molecule has 1 aliphatic heterocycles. The van der Waals surface area contributed by atoms with Gasteiger partial charge in [-0.05, 0) is 25.5 Å². The maximum absolute atomic E-state index is 11.8. The SMILES string of the molecule is CCC1(C)CC(=O)c2ccc(O)cc2O1. The van der Waals surface area contributed by atoms with E-state index in [1.165, 1.54) is 12.1 Å². The number of benzene rings is 1. The standard InChI is InChI=1S/C12H14O3/c1-3-12(2)7-10(14)9-5-4-8(13)6-11(9)15-12/h4-6,13H,3,7H2,1-2H3. The molecule has 0 saturated heterocycles. The van der Waals surface area contributed by atoms with Gasteiger partial charge in [-0.15, -0.1) is 0 Å². The molecular weight excluding hydrogens is 192 g/mol. The Morgan fingerprint density at radius 1 is 1.53 bits per heavy atom. The predicted molar refractivity (Wildman–Crippen MR) is 56.4 cm³/mol. The fourth-order valence-corrected chi connectivity index (χ4v) is 1.76. The highest BCUT2D eigenvalue weighted by molar-refractivity contribution is 6.00. The molecule has 1 atom stereocenters. The van der Waals surface area contributed by atoms with E-state index in [9.17, 15) is 9.90 Å². The van der Waals surface area contributed by atoms with Crippen LogP contribution in [0.4, 0.5) is 0 Å². The molecule has 1 heterocycles. The third-order valence-corrected chi connectivity index (χ3v) is 2.90. The van der Waals surface area contributed by atoms with Crippen molar-refractivity contribution in [2.75, 3.05) is 0 Å². The number of rotatable bonds is 1. The van der Waals surface area contributed by atoms with Gasteiger partial charge in [0.15, 0.2) is 5.78 Å². The predicted octanol–water partition coefficient (Wildman–Crippen LogP) is 2.53. The highest BCUT2D eigenvalue weighted by atomic mass is 16.5. The van der Waals surface area contributed by atoms with Crippen molar-refractivity contribution in [1.82, 2.24) is 0 Å². The minimum Gasteiger partial charge on any atom is -0.508 e. The van der Waals surface area contributed by atoms with Crippen LogP contribution in [0.25, 0.3) is 0 Å². The topological polar surface area (TPSA) is 46.5 Å². The van der Waals surface area contributed by atoms with Crippen LogP contribution in [0.2, 0.25) is 0 Å². The van der Waals surface area contributed by atoms with E-state index in [1.807, 2.05) is 13.8 Å². The van der Waals surface area contributed by atoms with Crippen molar-refractivity contribution in [1.29, 1.82) is 0 Å². The Labute approximate surface area is 88.7 Å². The average molecular weight is 206 g/mol. The molecule has 3 heteroatoms. The molecule has 1 aromatic rings. The molecule has 0 amide bonds. The van der Waals surface area contributed by atoms with Crippen molar-refractivity contribution in [2.24, 2.45) is 0 Å². The Morgan fingerprint density at radius 3 is 2.93 bits per heavy atom. The summed E-state index contributed by atoms with van der Waals surface area (Å²) in [6, 6.07) is 4.62. The molecular formula is C12H14O3. The van der Waals surface area contributed by atoms with Crippen LogP contribution in [0, 0.1) is 0 Å². The Bertz CT molecular complexity index is 411. The molecule has 0 bridgehead atoms. The summed E-state index contributed by atoms with van der Waals surface area (Å²) in [5.74, 6) is 0.707. The normalized spacial score (nSPS) is 24.5. The van der Waals surface area contributed by atoms with Gasteiger partial charge in [0.2, 0.25) is 0 Å². The maximum Gasteiger partial charge on any atom is 0.170 e. The lowest BCUT2D eigenvalue weighted by Gasteiger charge is -2.34. The number of ether oxygens (including phenoxy) is 1. The molecule has 80 valence electrons. The van der Waals surface area contributed by atoms with Crippen LogP contribution in [0.1, 0.15) is 37.0 Å². The summed E-state index contributed by atoms with van der Waals surface area (Å²) >= 11 is 0. The lowest BCUT2D eigenvalue weighted by molar-refractivity contribution is 0.0498. The van der Waals surface area contributed by atoms with E-state index in [0.29, 0.717) is 17.7 Å². The zero-order chi connectivity index (χ0) is 11.1. The van der Waals surface area contributed by atoms with Gasteiger partial charge in [-0.1, -0.05) is 6.92 Å². The number of phenols is 1. The van der Waals surface area contributed by atoms with E-state index < -0.39 is 5.60 Å². The molecule has 0 spiro atoms. The van der Waals surface area contributed by atoms with E-state index in [4.69, 9.17) is 4.74 Å². The Balaban J connectivity index is 2.46. The number of hydrogen-bond donors (Lipinski definition) is 1. The van der Waals surface area contributed by atoms with Crippen LogP contribution in [0.3, 0.4) is 0 Å². The second-order valence-electron chi connectivity index (χ2n) is 4.19. The third-order valence-electron chi connectivity index (χ3n) is 2.90. The van der Waals surface area contributed by atoms with Crippen LogP contribution in [-0.4, -0.2) is 16.5 Å². The highest BCUT2D eigenvalue weighted by Gasteiger charge is 2.34. The average Bonchev–Trinajstić information content (AvgIpc) is 2.16. The number of Topliss-reactive ketones (excluding diaryl/α,β-unsaturated/α-hetero) is 1. The fraction of sp³-hybridized carbons (Fsp3) is 0.417. The molecule has 0 aliphatic carbocycles. The summed E-state index contributed by atoms with van der Waals surface area (Å²) in [6.07, 6.45) is 1.18. The maximum atomic E-state index is 11.8. The Hall–Kier alpha value is -1.51. The molecule has 0 radical (unpaired) electrons. The van der Waals surface area contributed by atoms with Gasteiger partial charge in [0.1, 0.15) is 17.1 Å². The van der Waals surface area contributed by atoms with Crippen molar-refractivity contribution >= 4 is 5.78 Å². The van der Waals surface area contributed by atoms with Gasteiger partial charge < -0.3 is 9.84 Å². The lowest BCUT2D eigenvalue weighted by atomic mass is 9.89. The summed E-state index contributed by atoms with van der Waals surface area (Å²) in [6.45, 7) is 3.90. The molecule has 0 fully saturated rings. The van der Waals surface area contributed by atoms with Crippen molar-refractivity contribution in [3.8, 4) is 11.5 Å². The number of aromatic hydroxyl groups is 1. The first kappa shape index (κ1) is 10.0. The molecule has 0 aromatic heterocycles. The van der Waals surface area contributed by atoms with Crippen LogP contribution in [0.5, 0.6) is 11.5 Å². The number of phenolic OH excluding ortho intramolecular Hbond substituents is 1. The van der Waals surface area contributed by atoms with Gasteiger partial charge in [0.25, 0.3) is 0 Å². The van der Waals surface area contributed by atoms with Crippen LogP contribution in [-0.2, 0) is 0 Å². The summed E-state index contributed by atoms with van der Waals surface area (Å²) in [7, 11) is 0. The quantitative estimate of drug-likeness (QED) is 0.768. The molecule has 1 aliphatic rings. The lowest BCUT2D eigenvalue weighted by Crippen LogP contribution is -2.38. The smallest absolute Gasteiger partial charge is 0.170 e. The van der Waals surface area contributed by atoms with Gasteiger partial charge in [-0.25, -0.2) is 0 Å². The van der Waals surface area contributed by atoms with E-state index in [-0.39, 0.29) is 11.5 Å². The molecule has 0 saturated carbocycles. The molecule has 1 aromatic carbocycles. The number of fused-ring (bicyclic) bond motifs is 1. The molecule has 15 heavy (non-hydrogen) atoms. The van der Waals surface area contributed by atoms with E-state index in [0.717, 1.165) is 6.42 Å². The van der Waals surface area contributed by atoms with Crippen LogP contribution >= 0.6 is 0 Å². The summed E-state index contributed by atoms with van der Waals surface area (Å²) in [5, 5.41) is 9.33. The van der Waals surface area contributed by atoms with Gasteiger partial charge in [0.05, 0.1) is 12.0 Å². The highest BCUT2D eigenvalue weighted by Crippen LogP contribution is 2.36. The van der Waals surface area contributed by atoms with Gasteiger partial charge in [-0.3, -0.25) is 4.79 Å². The molecule has 1 unspecified atom stereocenters. The van der Waals surface area contributed by atoms with Gasteiger partial charge in [0, 0.05) is 6.07 Å². The van der Waals surface area contributed by atoms with Gasteiger partial charge >= 0.3 is 0 Å². The summed E-state index contributed by atoms with van der Waals surface area (Å²) < 4.78 is 5.74. The van der Waals surface area contributed by atoms with E-state index >= 15 is 0 Å². The molecule has 2 rings (SSSR count). The third kappa shape index (κ3) is 1.69. The molecule has 1 N–H and O–H groups in total. The zero-order valence-electron chi connectivity index (χ0n) is 8.91. The second kappa shape index (κ2) is 3.26. The fourth-order valence-electron chi connectivity index (χ4n) is 1.76. The van der Waals surface area contributed by atoms with Crippen molar-refractivity contribution in [3.63, 3.8) is 0 Å². The Morgan fingerprint density at radius 2 is 2.27 bits per heavy atom. The summed E-state index contributed by atoms with van der Waals surface area (Å²) in [5.41, 5.74) is 0.136. The zero-order valence-corrected chi connectivity index (χ0v) is 8.91. The monoisotopic (exact) mass is 206 g/mol. The van der Waals surface area contributed by atoms with Crippen LogP contribution < -0.4 is 4.74 Å². The Kier molecular flexibility index (Phi) is 2.18. The van der Waals surface area contributed by atoms with Gasteiger partial charge in [-0.2, -0.15) is 0 Å². The first-order chi connectivity index (χ1) is 7.04. The number of carbonyl (C=O) groups excluding carboxylic acids is 1. The van der Waals surface area contributed by atoms with E-state index in [2.05, 4.69) is 0 Å². The number of hydrogen-bond acceptors (Lipinski definition) is 3. The van der Waals surface area contributed by atoms with Crippen molar-refractivity contribution < 1.29 is 14.6 Å². The first-order valence-electron chi connectivity index (χ1n) is 5.09. The number of ketones is 1. The second-order valence-corrected chi connectivity index (χ2v) is 4.19. The van der Waals surface area contributed by atoms with Crippen LogP contribution in [0.15, 0.2) is 18.2 Å².